The Morgan fingerprint density at radius 1 is 1.11 bits per heavy atom. The molecule has 0 amide bonds. The van der Waals surface area contributed by atoms with Crippen LogP contribution in [0.15, 0.2) is 41.6 Å². The standard InChI is InChI=1S/C20H22N4O2S/c1-12-6-8-14(3)16(10-12)19(25)15(4)27-20-21-22-23-24(20)17-11-13(2)7-9-18(17)26-5/h6-11,15H,1-5H3. The molecule has 0 spiro atoms. The molecule has 0 bridgehead atoms. The molecular weight excluding hydrogens is 360 g/mol. The molecule has 7 heteroatoms. The third kappa shape index (κ3) is 4.03. The third-order valence-electron chi connectivity index (χ3n) is 4.31. The quantitative estimate of drug-likeness (QED) is 0.475. The van der Waals surface area contributed by atoms with Crippen LogP contribution in [0.3, 0.4) is 0 Å². The minimum absolute atomic E-state index is 0.0620. The Bertz CT molecular complexity index is 984. The van der Waals surface area contributed by atoms with Crippen LogP contribution in [0.5, 0.6) is 5.75 Å². The van der Waals surface area contributed by atoms with Gasteiger partial charge in [-0.2, -0.15) is 4.68 Å². The number of aromatic nitrogens is 4. The lowest BCUT2D eigenvalue weighted by atomic mass is 10.0. The van der Waals surface area contributed by atoms with Crippen molar-refractivity contribution in [2.24, 2.45) is 0 Å². The molecule has 27 heavy (non-hydrogen) atoms. The molecule has 0 radical (unpaired) electrons. The lowest BCUT2D eigenvalue weighted by Crippen LogP contribution is -2.16. The van der Waals surface area contributed by atoms with Gasteiger partial charge in [-0.1, -0.05) is 35.5 Å². The van der Waals surface area contributed by atoms with E-state index < -0.39 is 0 Å². The molecule has 1 atom stereocenters. The Kier molecular flexibility index (Phi) is 5.60. The van der Waals surface area contributed by atoms with Crippen molar-refractivity contribution in [1.29, 1.82) is 0 Å². The Labute approximate surface area is 162 Å². The zero-order valence-corrected chi connectivity index (χ0v) is 16.9. The predicted molar refractivity (Wildman–Crippen MR) is 106 cm³/mol. The zero-order valence-electron chi connectivity index (χ0n) is 16.1. The second-order valence-electron chi connectivity index (χ2n) is 6.49. The average Bonchev–Trinajstić information content (AvgIpc) is 3.11. The Balaban J connectivity index is 1.90. The molecule has 140 valence electrons. The minimum Gasteiger partial charge on any atom is -0.494 e. The largest absolute Gasteiger partial charge is 0.494 e. The number of hydrogen-bond acceptors (Lipinski definition) is 6. The monoisotopic (exact) mass is 382 g/mol. The van der Waals surface area contributed by atoms with Gasteiger partial charge in [0.25, 0.3) is 0 Å². The smallest absolute Gasteiger partial charge is 0.214 e. The zero-order chi connectivity index (χ0) is 19.6. The SMILES string of the molecule is COc1ccc(C)cc1-n1nnnc1SC(C)C(=O)c1cc(C)ccc1C. The normalized spacial score (nSPS) is 12.0. The molecular formula is C20H22N4O2S. The van der Waals surface area contributed by atoms with Crippen molar-refractivity contribution >= 4 is 17.5 Å². The summed E-state index contributed by atoms with van der Waals surface area (Å²) in [6, 6.07) is 11.7. The minimum atomic E-state index is -0.328. The highest BCUT2D eigenvalue weighted by molar-refractivity contribution is 8.00. The molecule has 0 fully saturated rings. The summed E-state index contributed by atoms with van der Waals surface area (Å²) in [5, 5.41) is 12.2. The summed E-state index contributed by atoms with van der Waals surface area (Å²) in [7, 11) is 1.61. The number of Topliss-reactive ketones (excluding diaryl/α,β-unsaturated/α-hetero) is 1. The van der Waals surface area contributed by atoms with E-state index in [0.29, 0.717) is 10.9 Å². The molecule has 0 saturated heterocycles. The molecule has 3 rings (SSSR count). The summed E-state index contributed by atoms with van der Waals surface area (Å²) in [4.78, 5) is 12.9. The van der Waals surface area contributed by atoms with Gasteiger partial charge in [0.2, 0.25) is 5.16 Å². The van der Waals surface area contributed by atoms with Gasteiger partial charge in [-0.05, 0) is 67.4 Å². The van der Waals surface area contributed by atoms with E-state index in [1.807, 2.05) is 64.1 Å². The van der Waals surface area contributed by atoms with Gasteiger partial charge in [-0.3, -0.25) is 4.79 Å². The Morgan fingerprint density at radius 3 is 2.56 bits per heavy atom. The van der Waals surface area contributed by atoms with E-state index >= 15 is 0 Å². The van der Waals surface area contributed by atoms with Crippen LogP contribution in [-0.2, 0) is 0 Å². The fourth-order valence-corrected chi connectivity index (χ4v) is 3.67. The molecule has 0 N–H and O–H groups in total. The number of methoxy groups -OCH3 is 1. The second-order valence-corrected chi connectivity index (χ2v) is 7.80. The van der Waals surface area contributed by atoms with Crippen LogP contribution >= 0.6 is 11.8 Å². The number of rotatable bonds is 6. The van der Waals surface area contributed by atoms with Crippen LogP contribution < -0.4 is 4.74 Å². The van der Waals surface area contributed by atoms with Crippen molar-refractivity contribution in [2.45, 2.75) is 38.1 Å². The number of ether oxygens (including phenoxy) is 1. The Hall–Kier alpha value is -2.67. The first kappa shape index (κ1) is 19.1. The highest BCUT2D eigenvalue weighted by atomic mass is 32.2. The van der Waals surface area contributed by atoms with Crippen LogP contribution in [0, 0.1) is 20.8 Å². The molecule has 0 aliphatic carbocycles. The van der Waals surface area contributed by atoms with Crippen LogP contribution in [0.1, 0.15) is 34.0 Å². The van der Waals surface area contributed by atoms with Gasteiger partial charge < -0.3 is 4.74 Å². The number of aryl methyl sites for hydroxylation is 3. The summed E-state index contributed by atoms with van der Waals surface area (Å²) in [5.41, 5.74) is 4.59. The number of ketones is 1. The van der Waals surface area contributed by atoms with Gasteiger partial charge in [0.1, 0.15) is 11.4 Å². The highest BCUT2D eigenvalue weighted by Crippen LogP contribution is 2.30. The number of tetrazole rings is 1. The fourth-order valence-electron chi connectivity index (χ4n) is 2.80. The van der Waals surface area contributed by atoms with Gasteiger partial charge in [0.05, 0.1) is 12.4 Å². The summed E-state index contributed by atoms with van der Waals surface area (Å²) in [6.07, 6.45) is 0. The maximum Gasteiger partial charge on any atom is 0.214 e. The first-order valence-electron chi connectivity index (χ1n) is 8.62. The lowest BCUT2D eigenvalue weighted by molar-refractivity contribution is 0.0993. The molecule has 0 aliphatic heterocycles. The topological polar surface area (TPSA) is 69.9 Å². The number of nitrogens with zero attached hydrogens (tertiary/aromatic N) is 4. The van der Waals surface area contributed by atoms with E-state index in [1.165, 1.54) is 11.8 Å². The number of carbonyl (C=O) groups excluding carboxylic acids is 1. The summed E-state index contributed by atoms with van der Waals surface area (Å²) >= 11 is 1.34. The summed E-state index contributed by atoms with van der Waals surface area (Å²) < 4.78 is 7.05. The van der Waals surface area contributed by atoms with Gasteiger partial charge in [-0.15, -0.1) is 5.10 Å². The molecule has 0 saturated carbocycles. The van der Waals surface area contributed by atoms with Gasteiger partial charge >= 0.3 is 0 Å². The maximum atomic E-state index is 12.9. The molecule has 1 heterocycles. The lowest BCUT2D eigenvalue weighted by Gasteiger charge is -2.14. The van der Waals surface area contributed by atoms with Crippen LogP contribution in [0.4, 0.5) is 0 Å². The van der Waals surface area contributed by atoms with Crippen molar-refractivity contribution < 1.29 is 9.53 Å². The number of carbonyl (C=O) groups is 1. The molecule has 2 aromatic carbocycles. The molecule has 1 unspecified atom stereocenters. The predicted octanol–water partition coefficient (Wildman–Crippen LogP) is 3.96. The molecule has 1 aromatic heterocycles. The van der Waals surface area contributed by atoms with Crippen molar-refractivity contribution in [3.63, 3.8) is 0 Å². The van der Waals surface area contributed by atoms with Crippen molar-refractivity contribution in [3.05, 3.63) is 58.7 Å². The van der Waals surface area contributed by atoms with E-state index in [1.54, 1.807) is 11.8 Å². The second kappa shape index (κ2) is 7.92. The third-order valence-corrected chi connectivity index (χ3v) is 5.35. The van der Waals surface area contributed by atoms with E-state index in [4.69, 9.17) is 4.74 Å². The van der Waals surface area contributed by atoms with Crippen molar-refractivity contribution in [2.75, 3.05) is 7.11 Å². The molecule has 3 aromatic rings. The number of benzene rings is 2. The first-order chi connectivity index (χ1) is 12.9. The molecule has 6 nitrogen and oxygen atoms in total. The number of thioether (sulfide) groups is 1. The van der Waals surface area contributed by atoms with Crippen LogP contribution in [0.25, 0.3) is 5.69 Å². The fraction of sp³-hybridized carbons (Fsp3) is 0.300. The van der Waals surface area contributed by atoms with E-state index in [-0.39, 0.29) is 11.0 Å². The van der Waals surface area contributed by atoms with Gasteiger partial charge in [0, 0.05) is 5.56 Å². The first-order valence-corrected chi connectivity index (χ1v) is 9.50. The molecule has 0 aliphatic rings. The summed E-state index contributed by atoms with van der Waals surface area (Å²) in [5.74, 6) is 0.732. The number of hydrogen-bond donors (Lipinski definition) is 0. The van der Waals surface area contributed by atoms with Crippen LogP contribution in [0.2, 0.25) is 0 Å². The average molecular weight is 382 g/mol. The van der Waals surface area contributed by atoms with Crippen molar-refractivity contribution in [1.82, 2.24) is 20.2 Å². The van der Waals surface area contributed by atoms with E-state index in [9.17, 15) is 4.79 Å². The van der Waals surface area contributed by atoms with E-state index in [2.05, 4.69) is 15.5 Å². The Morgan fingerprint density at radius 2 is 1.81 bits per heavy atom. The summed E-state index contributed by atoms with van der Waals surface area (Å²) in [6.45, 7) is 7.80. The van der Waals surface area contributed by atoms with E-state index in [0.717, 1.165) is 27.9 Å². The van der Waals surface area contributed by atoms with Gasteiger partial charge in [-0.25, -0.2) is 0 Å². The highest BCUT2D eigenvalue weighted by Gasteiger charge is 2.22. The maximum absolute atomic E-state index is 12.9. The van der Waals surface area contributed by atoms with Gasteiger partial charge in [0.15, 0.2) is 5.78 Å². The van der Waals surface area contributed by atoms with Crippen molar-refractivity contribution in [3.8, 4) is 11.4 Å². The van der Waals surface area contributed by atoms with Crippen LogP contribution in [-0.4, -0.2) is 38.4 Å².